The van der Waals surface area contributed by atoms with E-state index in [2.05, 4.69) is 20.8 Å². The molecule has 38 heavy (non-hydrogen) atoms. The van der Waals surface area contributed by atoms with Gasteiger partial charge >= 0.3 is 11.9 Å². The summed E-state index contributed by atoms with van der Waals surface area (Å²) in [5.41, 5.74) is 1.78. The number of hydrogen-bond donors (Lipinski definition) is 0. The lowest BCUT2D eigenvalue weighted by atomic mass is 9.80. The lowest BCUT2D eigenvalue weighted by molar-refractivity contribution is -0.140. The number of rotatable bonds is 15. The van der Waals surface area contributed by atoms with E-state index in [0.29, 0.717) is 17.1 Å². The minimum atomic E-state index is -0.384. The van der Waals surface area contributed by atoms with Crippen LogP contribution in [0.3, 0.4) is 0 Å². The Bertz CT molecular complexity index is 955. The van der Waals surface area contributed by atoms with Crippen molar-refractivity contribution in [2.24, 2.45) is 17.8 Å². The van der Waals surface area contributed by atoms with Gasteiger partial charge in [-0.3, -0.25) is 4.79 Å². The van der Waals surface area contributed by atoms with Gasteiger partial charge in [-0.25, -0.2) is 4.79 Å². The Kier molecular flexibility index (Phi) is 12.9. The van der Waals surface area contributed by atoms with E-state index in [9.17, 15) is 9.59 Å². The Labute approximate surface area is 230 Å². The zero-order chi connectivity index (χ0) is 27.2. The monoisotopic (exact) mass is 520 g/mol. The molecule has 1 fully saturated rings. The first kappa shape index (κ1) is 29.9. The Morgan fingerprint density at radius 3 is 2.08 bits per heavy atom. The molecule has 2 aromatic carbocycles. The zero-order valence-corrected chi connectivity index (χ0v) is 23.9. The molecule has 1 atom stereocenters. The van der Waals surface area contributed by atoms with Gasteiger partial charge in [-0.1, -0.05) is 84.3 Å². The van der Waals surface area contributed by atoms with E-state index in [1.165, 1.54) is 63.4 Å². The molecule has 0 heterocycles. The van der Waals surface area contributed by atoms with Crippen LogP contribution in [0.25, 0.3) is 0 Å². The number of benzene rings is 2. The minimum Gasteiger partial charge on any atom is -0.426 e. The molecule has 1 unspecified atom stereocenters. The van der Waals surface area contributed by atoms with E-state index in [1.54, 1.807) is 24.3 Å². The minimum absolute atomic E-state index is 0.0114. The van der Waals surface area contributed by atoms with E-state index in [1.807, 2.05) is 24.3 Å². The van der Waals surface area contributed by atoms with Crippen LogP contribution in [-0.2, 0) is 11.2 Å². The molecule has 4 heteroatoms. The van der Waals surface area contributed by atoms with Gasteiger partial charge < -0.3 is 9.47 Å². The van der Waals surface area contributed by atoms with Crippen LogP contribution in [-0.4, -0.2) is 11.9 Å². The smallest absolute Gasteiger partial charge is 0.343 e. The van der Waals surface area contributed by atoms with Crippen molar-refractivity contribution in [3.63, 3.8) is 0 Å². The first-order valence-electron chi connectivity index (χ1n) is 15.1. The summed E-state index contributed by atoms with van der Waals surface area (Å²) in [6, 6.07) is 14.5. The third-order valence-electron chi connectivity index (χ3n) is 8.20. The molecule has 0 saturated heterocycles. The molecule has 0 amide bonds. The predicted molar refractivity (Wildman–Crippen MR) is 155 cm³/mol. The molecule has 0 spiro atoms. The van der Waals surface area contributed by atoms with Crippen LogP contribution < -0.4 is 9.47 Å². The summed E-state index contributed by atoms with van der Waals surface area (Å²) >= 11 is 0. The van der Waals surface area contributed by atoms with E-state index >= 15 is 0 Å². The number of hydrogen-bond acceptors (Lipinski definition) is 4. The van der Waals surface area contributed by atoms with Gasteiger partial charge in [0.2, 0.25) is 0 Å². The van der Waals surface area contributed by atoms with Gasteiger partial charge in [0.1, 0.15) is 11.5 Å². The average molecular weight is 521 g/mol. The van der Waals surface area contributed by atoms with Gasteiger partial charge in [0.25, 0.3) is 0 Å². The van der Waals surface area contributed by atoms with E-state index < -0.39 is 0 Å². The summed E-state index contributed by atoms with van der Waals surface area (Å²) in [7, 11) is 0. The first-order valence-corrected chi connectivity index (χ1v) is 15.1. The second-order valence-electron chi connectivity index (χ2n) is 11.3. The molecular formula is C34H48O4. The lowest BCUT2D eigenvalue weighted by Gasteiger charge is -2.27. The largest absolute Gasteiger partial charge is 0.426 e. The number of carbonyl (C=O) groups excluding carboxylic acids is 2. The molecule has 0 N–H and O–H groups in total. The molecule has 208 valence electrons. The number of esters is 2. The van der Waals surface area contributed by atoms with Gasteiger partial charge in [-0.15, -0.1) is 0 Å². The summed E-state index contributed by atoms with van der Waals surface area (Å²) in [4.78, 5) is 25.2. The van der Waals surface area contributed by atoms with Crippen molar-refractivity contribution in [2.75, 3.05) is 0 Å². The maximum absolute atomic E-state index is 12.6. The van der Waals surface area contributed by atoms with Crippen molar-refractivity contribution in [1.29, 1.82) is 0 Å². The third kappa shape index (κ3) is 10.3. The molecule has 0 aromatic heterocycles. The Morgan fingerprint density at radius 1 is 0.789 bits per heavy atom. The summed E-state index contributed by atoms with van der Waals surface area (Å²) in [6.07, 6.45) is 16.6. The number of aryl methyl sites for hydroxylation is 1. The fourth-order valence-electron chi connectivity index (χ4n) is 5.32. The molecule has 4 nitrogen and oxygen atoms in total. The Morgan fingerprint density at radius 2 is 1.45 bits per heavy atom. The number of ether oxygens (including phenoxy) is 2. The van der Waals surface area contributed by atoms with Crippen LogP contribution >= 0.6 is 0 Å². The van der Waals surface area contributed by atoms with E-state index in [0.717, 1.165) is 43.9 Å². The fraction of sp³-hybridized carbons (Fsp3) is 0.588. The molecule has 0 radical (unpaired) electrons. The van der Waals surface area contributed by atoms with Gasteiger partial charge in [0, 0.05) is 0 Å². The third-order valence-corrected chi connectivity index (χ3v) is 8.20. The van der Waals surface area contributed by atoms with Crippen molar-refractivity contribution in [3.8, 4) is 11.5 Å². The summed E-state index contributed by atoms with van der Waals surface area (Å²) in [6.45, 7) is 6.81. The molecule has 0 bridgehead atoms. The van der Waals surface area contributed by atoms with Crippen LogP contribution in [0.5, 0.6) is 11.5 Å². The summed E-state index contributed by atoms with van der Waals surface area (Å²) in [5.74, 6) is 1.98. The molecular weight excluding hydrogens is 472 g/mol. The highest BCUT2D eigenvalue weighted by Crippen LogP contribution is 2.33. The van der Waals surface area contributed by atoms with Crippen LogP contribution in [0.2, 0.25) is 0 Å². The topological polar surface area (TPSA) is 52.6 Å². The second kappa shape index (κ2) is 16.4. The quantitative estimate of drug-likeness (QED) is 0.133. The molecule has 0 aliphatic heterocycles. The van der Waals surface area contributed by atoms with E-state index in [4.69, 9.17) is 9.47 Å². The van der Waals surface area contributed by atoms with Crippen LogP contribution in [0, 0.1) is 17.8 Å². The van der Waals surface area contributed by atoms with Gasteiger partial charge in [-0.2, -0.15) is 0 Å². The second-order valence-corrected chi connectivity index (χ2v) is 11.3. The van der Waals surface area contributed by atoms with Crippen molar-refractivity contribution in [3.05, 3.63) is 59.7 Å². The number of carbonyl (C=O) groups is 2. The van der Waals surface area contributed by atoms with Gasteiger partial charge in [0.15, 0.2) is 0 Å². The molecule has 3 rings (SSSR count). The fourth-order valence-corrected chi connectivity index (χ4v) is 5.32. The zero-order valence-electron chi connectivity index (χ0n) is 23.9. The highest BCUT2D eigenvalue weighted by Gasteiger charge is 2.27. The highest BCUT2D eigenvalue weighted by molar-refractivity contribution is 5.91. The van der Waals surface area contributed by atoms with E-state index in [-0.39, 0.29) is 17.9 Å². The van der Waals surface area contributed by atoms with Gasteiger partial charge in [0.05, 0.1) is 11.5 Å². The maximum Gasteiger partial charge on any atom is 0.343 e. The van der Waals surface area contributed by atoms with Crippen molar-refractivity contribution in [2.45, 2.75) is 111 Å². The Balaban J connectivity index is 1.38. The normalized spacial score (nSPS) is 18.1. The van der Waals surface area contributed by atoms with Crippen molar-refractivity contribution in [1.82, 2.24) is 0 Å². The SMILES string of the molecule is CCCCCC1CCC(C(=O)Oc2ccc(OC(=O)c3ccc(CCCCCC(C)CC)cc3)cc2)CC1. The molecule has 2 aromatic rings. The van der Waals surface area contributed by atoms with Crippen LogP contribution in [0.15, 0.2) is 48.5 Å². The molecule has 1 saturated carbocycles. The number of unbranched alkanes of at least 4 members (excludes halogenated alkanes) is 4. The first-order chi connectivity index (χ1) is 18.5. The molecule has 1 aliphatic rings. The van der Waals surface area contributed by atoms with Crippen molar-refractivity contribution >= 4 is 11.9 Å². The Hall–Kier alpha value is -2.62. The standard InChI is InChI=1S/C34H48O4/c1-4-6-8-12-27-14-18-29(19-15-27)33(35)37-31-22-24-32(25-23-31)38-34(36)30-20-16-28(17-21-30)13-10-7-9-11-26(3)5-2/h16-17,20-27,29H,4-15,18-19H2,1-3H3. The van der Waals surface area contributed by atoms with Crippen molar-refractivity contribution < 1.29 is 19.1 Å². The maximum atomic E-state index is 12.6. The highest BCUT2D eigenvalue weighted by atomic mass is 16.5. The van der Waals surface area contributed by atoms with Crippen LogP contribution in [0.1, 0.15) is 120 Å². The lowest BCUT2D eigenvalue weighted by Crippen LogP contribution is -2.25. The summed E-state index contributed by atoms with van der Waals surface area (Å²) in [5, 5.41) is 0. The molecule has 1 aliphatic carbocycles. The predicted octanol–water partition coefficient (Wildman–Crippen LogP) is 9.35. The van der Waals surface area contributed by atoms with Gasteiger partial charge in [-0.05, 0) is 92.3 Å². The van der Waals surface area contributed by atoms with Crippen LogP contribution in [0.4, 0.5) is 0 Å². The summed E-state index contributed by atoms with van der Waals surface area (Å²) < 4.78 is 11.2. The average Bonchev–Trinajstić information content (AvgIpc) is 2.94.